The Morgan fingerprint density at radius 3 is 1.90 bits per heavy atom. The number of hydrogen-bond donors (Lipinski definition) is 0. The van der Waals surface area contributed by atoms with Crippen molar-refractivity contribution in [3.8, 4) is 0 Å². The molecule has 0 saturated heterocycles. The number of benzene rings is 2. The van der Waals surface area contributed by atoms with Gasteiger partial charge in [-0.25, -0.2) is 4.39 Å². The van der Waals surface area contributed by atoms with Gasteiger partial charge in [0.15, 0.2) is 0 Å². The average Bonchev–Trinajstić information content (AvgIpc) is 2.53. The number of halogens is 2. The summed E-state index contributed by atoms with van der Waals surface area (Å²) in [6, 6.07) is 20.7. The molecule has 0 aliphatic carbocycles. The molecule has 2 atom stereocenters. The first-order valence-electron chi connectivity index (χ1n) is 7.23. The van der Waals surface area contributed by atoms with E-state index >= 15 is 0 Å². The Kier molecular flexibility index (Phi) is 6.07. The van der Waals surface area contributed by atoms with Gasteiger partial charge in [0.25, 0.3) is 0 Å². The second-order valence-electron chi connectivity index (χ2n) is 5.16. The van der Waals surface area contributed by atoms with Crippen molar-refractivity contribution in [3.63, 3.8) is 0 Å². The molecule has 2 unspecified atom stereocenters. The van der Waals surface area contributed by atoms with Gasteiger partial charge in [0.1, 0.15) is 6.17 Å². The molecule has 0 bridgehead atoms. The Hall–Kier alpha value is -1.54. The van der Waals surface area contributed by atoms with Gasteiger partial charge in [-0.1, -0.05) is 83.7 Å². The highest BCUT2D eigenvalue weighted by Crippen LogP contribution is 2.09. The molecule has 0 aliphatic rings. The van der Waals surface area contributed by atoms with Crippen LogP contribution in [0.1, 0.15) is 6.92 Å². The number of alkyl halides is 2. The van der Waals surface area contributed by atoms with E-state index in [4.69, 9.17) is 11.6 Å². The van der Waals surface area contributed by atoms with Gasteiger partial charge in [-0.3, -0.25) is 0 Å². The van der Waals surface area contributed by atoms with Crippen LogP contribution in [0.5, 0.6) is 0 Å². The summed E-state index contributed by atoms with van der Waals surface area (Å²) < 4.78 is 13.1. The highest BCUT2D eigenvalue weighted by atomic mass is 35.5. The maximum Gasteiger partial charge on any atom is 0.213 e. The van der Waals surface area contributed by atoms with Crippen LogP contribution in [-0.4, -0.2) is 18.3 Å². The molecule has 0 amide bonds. The third kappa shape index (κ3) is 4.75. The lowest BCUT2D eigenvalue weighted by Crippen LogP contribution is -2.41. The monoisotopic (exact) mass is 300 g/mol. The smallest absolute Gasteiger partial charge is 0.213 e. The summed E-state index contributed by atoms with van der Waals surface area (Å²) in [5, 5.41) is -0.558. The molecule has 0 aromatic heterocycles. The van der Waals surface area contributed by atoms with Gasteiger partial charge in [-0.15, -0.1) is 11.6 Å². The molecule has 0 aliphatic heterocycles. The fraction of sp³-hybridized carbons (Fsp3) is 0.222. The minimum absolute atomic E-state index is 0.266. The second-order valence-corrected chi connectivity index (χ2v) is 5.66. The van der Waals surface area contributed by atoms with Crippen molar-refractivity contribution in [1.82, 2.24) is 0 Å². The quantitative estimate of drug-likeness (QED) is 0.432. The molecule has 21 heavy (non-hydrogen) atoms. The lowest BCUT2D eigenvalue weighted by atomic mass is 9.39. The predicted molar refractivity (Wildman–Crippen MR) is 92.1 cm³/mol. The molecule has 0 N–H and O–H groups in total. The normalized spacial score (nSPS) is 14.0. The van der Waals surface area contributed by atoms with Crippen molar-refractivity contribution in [3.05, 3.63) is 72.8 Å². The van der Waals surface area contributed by atoms with Crippen molar-refractivity contribution in [2.75, 3.05) is 0 Å². The Balaban J connectivity index is 2.18. The van der Waals surface area contributed by atoms with Crippen LogP contribution in [0.4, 0.5) is 4.39 Å². The van der Waals surface area contributed by atoms with E-state index in [0.29, 0.717) is 0 Å². The SMILES string of the molecule is CC(F)C(Cl)C=CCB(c1ccccc1)c1ccccc1. The molecule has 0 nitrogen and oxygen atoms in total. The minimum Gasteiger partial charge on any atom is -0.246 e. The Morgan fingerprint density at radius 2 is 1.48 bits per heavy atom. The van der Waals surface area contributed by atoms with Gasteiger partial charge < -0.3 is 0 Å². The van der Waals surface area contributed by atoms with Crippen LogP contribution < -0.4 is 10.9 Å². The topological polar surface area (TPSA) is 0 Å². The first-order valence-corrected chi connectivity index (χ1v) is 7.67. The zero-order valence-corrected chi connectivity index (χ0v) is 12.9. The molecule has 2 rings (SSSR count). The summed E-state index contributed by atoms with van der Waals surface area (Å²) in [5.74, 6) is 0. The average molecular weight is 301 g/mol. The highest BCUT2D eigenvalue weighted by molar-refractivity contribution is 6.85. The molecule has 0 heterocycles. The van der Waals surface area contributed by atoms with Gasteiger partial charge in [-0.2, -0.15) is 0 Å². The highest BCUT2D eigenvalue weighted by Gasteiger charge is 2.17. The molecule has 0 saturated carbocycles. The summed E-state index contributed by atoms with van der Waals surface area (Å²) in [6.07, 6.45) is 3.52. The summed E-state index contributed by atoms with van der Waals surface area (Å²) in [5.41, 5.74) is 2.51. The largest absolute Gasteiger partial charge is 0.246 e. The first-order chi connectivity index (χ1) is 10.2. The zero-order chi connectivity index (χ0) is 15.1. The molecule has 2 aromatic carbocycles. The van der Waals surface area contributed by atoms with Crippen molar-refractivity contribution in [1.29, 1.82) is 0 Å². The van der Waals surface area contributed by atoms with E-state index in [1.54, 1.807) is 6.08 Å². The van der Waals surface area contributed by atoms with Crippen molar-refractivity contribution >= 4 is 29.2 Å². The van der Waals surface area contributed by atoms with Gasteiger partial charge in [-0.05, 0) is 13.2 Å². The summed E-state index contributed by atoms with van der Waals surface area (Å²) in [4.78, 5) is 0. The van der Waals surface area contributed by atoms with E-state index in [9.17, 15) is 4.39 Å². The zero-order valence-electron chi connectivity index (χ0n) is 12.1. The summed E-state index contributed by atoms with van der Waals surface area (Å²) in [6.45, 7) is 1.75. The van der Waals surface area contributed by atoms with E-state index < -0.39 is 11.5 Å². The lowest BCUT2D eigenvalue weighted by Gasteiger charge is -2.13. The van der Waals surface area contributed by atoms with Crippen molar-refractivity contribution < 1.29 is 4.39 Å². The Morgan fingerprint density at radius 1 is 1.00 bits per heavy atom. The van der Waals surface area contributed by atoms with Crippen LogP contribution in [0, 0.1) is 0 Å². The molecule has 0 radical (unpaired) electrons. The van der Waals surface area contributed by atoms with Crippen LogP contribution in [0.2, 0.25) is 6.32 Å². The number of allylic oxidation sites excluding steroid dienone is 2. The first kappa shape index (κ1) is 15.8. The van der Waals surface area contributed by atoms with Crippen LogP contribution >= 0.6 is 11.6 Å². The second kappa shape index (κ2) is 8.04. The van der Waals surface area contributed by atoms with Crippen LogP contribution in [0.3, 0.4) is 0 Å². The van der Waals surface area contributed by atoms with Gasteiger partial charge in [0.05, 0.1) is 5.38 Å². The Labute approximate surface area is 131 Å². The fourth-order valence-corrected chi connectivity index (χ4v) is 2.44. The number of hydrogen-bond acceptors (Lipinski definition) is 0. The lowest BCUT2D eigenvalue weighted by molar-refractivity contribution is 0.369. The minimum atomic E-state index is -1.03. The maximum atomic E-state index is 13.1. The molecule has 0 fully saturated rings. The van der Waals surface area contributed by atoms with Crippen molar-refractivity contribution in [2.24, 2.45) is 0 Å². The van der Waals surface area contributed by atoms with Gasteiger partial charge >= 0.3 is 0 Å². The fourth-order valence-electron chi connectivity index (χ4n) is 2.33. The molecule has 3 heteroatoms. The molecular weight excluding hydrogens is 281 g/mol. The third-order valence-electron chi connectivity index (χ3n) is 3.53. The van der Waals surface area contributed by atoms with E-state index in [1.807, 2.05) is 42.5 Å². The standard InChI is InChI=1S/C18H19BClF/c1-15(21)18(20)13-8-14-19(16-9-4-2-5-10-16)17-11-6-3-7-12-17/h2-13,15,18H,14H2,1H3. The molecule has 0 spiro atoms. The molecular formula is C18H19BClF. The van der Waals surface area contributed by atoms with E-state index in [1.165, 1.54) is 17.8 Å². The summed E-state index contributed by atoms with van der Waals surface area (Å²) in [7, 11) is 0. The summed E-state index contributed by atoms with van der Waals surface area (Å²) >= 11 is 5.93. The van der Waals surface area contributed by atoms with Crippen LogP contribution in [0.15, 0.2) is 72.8 Å². The Bertz CT molecular complexity index is 514. The van der Waals surface area contributed by atoms with Gasteiger partial charge in [0, 0.05) is 0 Å². The maximum absolute atomic E-state index is 13.1. The van der Waals surface area contributed by atoms with Gasteiger partial charge in [0.2, 0.25) is 6.71 Å². The predicted octanol–water partition coefficient (Wildman–Crippen LogP) is 3.82. The van der Waals surface area contributed by atoms with Crippen molar-refractivity contribution in [2.45, 2.75) is 24.8 Å². The van der Waals surface area contributed by atoms with E-state index in [0.717, 1.165) is 6.32 Å². The number of rotatable bonds is 6. The van der Waals surface area contributed by atoms with Crippen LogP contribution in [0.25, 0.3) is 0 Å². The molecule has 2 aromatic rings. The third-order valence-corrected chi connectivity index (χ3v) is 4.03. The van der Waals surface area contributed by atoms with E-state index in [-0.39, 0.29) is 6.71 Å². The van der Waals surface area contributed by atoms with Crippen LogP contribution in [-0.2, 0) is 0 Å². The van der Waals surface area contributed by atoms with E-state index in [2.05, 4.69) is 24.3 Å². The molecule has 108 valence electrons.